The summed E-state index contributed by atoms with van der Waals surface area (Å²) < 4.78 is 0. The van der Waals surface area contributed by atoms with E-state index in [1.807, 2.05) is 18.2 Å². The Morgan fingerprint density at radius 2 is 1.78 bits per heavy atom. The molecule has 3 heterocycles. The molecule has 0 spiro atoms. The highest BCUT2D eigenvalue weighted by atomic mass is 32.1. The molecule has 0 bridgehead atoms. The fourth-order valence-corrected chi connectivity index (χ4v) is 3.74. The Labute approximate surface area is 158 Å². The molecule has 8 heteroatoms. The summed E-state index contributed by atoms with van der Waals surface area (Å²) in [7, 11) is 0. The summed E-state index contributed by atoms with van der Waals surface area (Å²) in [6, 6.07) is 11.5. The molecule has 4 rings (SSSR count). The first kappa shape index (κ1) is 17.0. The van der Waals surface area contributed by atoms with Crippen molar-refractivity contribution in [3.05, 3.63) is 76.6 Å². The highest BCUT2D eigenvalue weighted by Crippen LogP contribution is 2.42. The van der Waals surface area contributed by atoms with Gasteiger partial charge in [0.25, 0.3) is 5.78 Å². The molecule has 0 unspecified atom stereocenters. The molecule has 0 radical (unpaired) electrons. The van der Waals surface area contributed by atoms with Crippen LogP contribution in [-0.4, -0.2) is 32.0 Å². The van der Waals surface area contributed by atoms with Crippen LogP contribution < -0.4 is 4.90 Å². The molecule has 0 aliphatic carbocycles. The summed E-state index contributed by atoms with van der Waals surface area (Å²) in [6.07, 6.45) is 3.02. The summed E-state index contributed by atoms with van der Waals surface area (Å²) in [4.78, 5) is 30.8. The summed E-state index contributed by atoms with van der Waals surface area (Å²) >= 11 is 1.22. The second-order valence-corrected chi connectivity index (χ2v) is 7.08. The Hall–Kier alpha value is -3.39. The molecule has 1 amide bonds. The topological polar surface area (TPSA) is 96.3 Å². The van der Waals surface area contributed by atoms with Crippen molar-refractivity contribution in [2.75, 3.05) is 4.90 Å². The normalized spacial score (nSPS) is 18.9. The van der Waals surface area contributed by atoms with Gasteiger partial charge in [-0.1, -0.05) is 41.7 Å². The number of ketones is 1. The maximum absolute atomic E-state index is 12.8. The molecule has 2 aromatic heterocycles. The Morgan fingerprint density at radius 1 is 1.07 bits per heavy atom. The fourth-order valence-electron chi connectivity index (χ4n) is 3.03. The van der Waals surface area contributed by atoms with E-state index in [4.69, 9.17) is 0 Å². The van der Waals surface area contributed by atoms with Crippen LogP contribution >= 0.6 is 11.3 Å². The zero-order valence-corrected chi connectivity index (χ0v) is 15.1. The molecule has 7 nitrogen and oxygen atoms in total. The molecule has 1 aliphatic rings. The lowest BCUT2D eigenvalue weighted by Crippen LogP contribution is -2.29. The SMILES string of the molecule is Cc1nnc(N2C(=O)C(=O)C(=C(O)c3ccncc3)[C@H]2c2ccccc2)s1. The maximum Gasteiger partial charge on any atom is 0.301 e. The van der Waals surface area contributed by atoms with Crippen LogP contribution in [0.3, 0.4) is 0 Å². The summed E-state index contributed by atoms with van der Waals surface area (Å²) in [5, 5.41) is 19.8. The minimum Gasteiger partial charge on any atom is -0.507 e. The Kier molecular flexibility index (Phi) is 4.25. The van der Waals surface area contributed by atoms with Gasteiger partial charge in [0, 0.05) is 18.0 Å². The quantitative estimate of drug-likeness (QED) is 0.428. The third-order valence-corrected chi connectivity index (χ3v) is 5.07. The molecule has 1 atom stereocenters. The zero-order chi connectivity index (χ0) is 19.0. The van der Waals surface area contributed by atoms with Gasteiger partial charge in [-0.05, 0) is 24.6 Å². The molecular formula is C19H14N4O3S. The lowest BCUT2D eigenvalue weighted by molar-refractivity contribution is -0.132. The molecular weight excluding hydrogens is 364 g/mol. The molecule has 134 valence electrons. The average molecular weight is 378 g/mol. The van der Waals surface area contributed by atoms with Crippen molar-refractivity contribution in [3.63, 3.8) is 0 Å². The van der Waals surface area contributed by atoms with Gasteiger partial charge in [-0.15, -0.1) is 10.2 Å². The first-order valence-electron chi connectivity index (χ1n) is 8.14. The van der Waals surface area contributed by atoms with Crippen molar-refractivity contribution in [1.29, 1.82) is 0 Å². The van der Waals surface area contributed by atoms with E-state index >= 15 is 0 Å². The Bertz CT molecular complexity index is 1050. The van der Waals surface area contributed by atoms with Crippen LogP contribution in [0.2, 0.25) is 0 Å². The molecule has 0 saturated carbocycles. The molecule has 1 saturated heterocycles. The second kappa shape index (κ2) is 6.73. The van der Waals surface area contributed by atoms with Crippen molar-refractivity contribution in [3.8, 4) is 0 Å². The van der Waals surface area contributed by atoms with Gasteiger partial charge in [0.05, 0.1) is 11.6 Å². The Morgan fingerprint density at radius 3 is 2.41 bits per heavy atom. The van der Waals surface area contributed by atoms with Crippen molar-refractivity contribution >= 4 is 33.9 Å². The van der Waals surface area contributed by atoms with Gasteiger partial charge in [-0.3, -0.25) is 19.5 Å². The largest absolute Gasteiger partial charge is 0.507 e. The van der Waals surface area contributed by atoms with Crippen molar-refractivity contribution < 1.29 is 14.7 Å². The van der Waals surface area contributed by atoms with Crippen LogP contribution in [0.25, 0.3) is 5.76 Å². The maximum atomic E-state index is 12.8. The van der Waals surface area contributed by atoms with Crippen LogP contribution in [0.15, 0.2) is 60.4 Å². The fraction of sp³-hybridized carbons (Fsp3) is 0.105. The number of aryl methyl sites for hydroxylation is 1. The van der Waals surface area contributed by atoms with Crippen LogP contribution in [0.4, 0.5) is 5.13 Å². The monoisotopic (exact) mass is 378 g/mol. The average Bonchev–Trinajstić information content (AvgIpc) is 3.24. The van der Waals surface area contributed by atoms with Gasteiger partial charge in [0.2, 0.25) is 5.13 Å². The van der Waals surface area contributed by atoms with E-state index in [9.17, 15) is 14.7 Å². The molecule has 1 N–H and O–H groups in total. The minimum atomic E-state index is -0.785. The molecule has 3 aromatic rings. The van der Waals surface area contributed by atoms with Crippen molar-refractivity contribution in [2.45, 2.75) is 13.0 Å². The molecule has 1 aromatic carbocycles. The van der Waals surface area contributed by atoms with Crippen LogP contribution in [-0.2, 0) is 9.59 Å². The van der Waals surface area contributed by atoms with E-state index in [0.717, 1.165) is 0 Å². The summed E-state index contributed by atoms with van der Waals surface area (Å²) in [5.41, 5.74) is 1.13. The number of nitrogens with zero attached hydrogens (tertiary/aromatic N) is 4. The number of Topliss-reactive ketones (excluding diaryl/α,β-unsaturated/α-hetero) is 1. The predicted molar refractivity (Wildman–Crippen MR) is 100 cm³/mol. The number of aliphatic hydroxyl groups is 1. The first-order valence-corrected chi connectivity index (χ1v) is 8.96. The standard InChI is InChI=1S/C19H14N4O3S/c1-11-21-22-19(27-11)23-15(12-5-3-2-4-6-12)14(17(25)18(23)26)16(24)13-7-9-20-10-8-13/h2-10,15,24H,1H3/t15-/m1/s1. The van der Waals surface area contributed by atoms with E-state index in [-0.39, 0.29) is 11.3 Å². The van der Waals surface area contributed by atoms with E-state index in [1.54, 1.807) is 31.2 Å². The zero-order valence-electron chi connectivity index (χ0n) is 14.2. The summed E-state index contributed by atoms with van der Waals surface area (Å²) in [6.45, 7) is 1.77. The number of hydrogen-bond acceptors (Lipinski definition) is 7. The lowest BCUT2D eigenvalue weighted by atomic mass is 9.96. The molecule has 1 fully saturated rings. The van der Waals surface area contributed by atoms with Gasteiger partial charge in [-0.2, -0.15) is 0 Å². The van der Waals surface area contributed by atoms with Gasteiger partial charge in [-0.25, -0.2) is 0 Å². The third kappa shape index (κ3) is 2.89. The lowest BCUT2D eigenvalue weighted by Gasteiger charge is -2.22. The number of carbonyl (C=O) groups excluding carboxylic acids is 2. The number of benzene rings is 1. The molecule has 1 aliphatic heterocycles. The van der Waals surface area contributed by atoms with Gasteiger partial charge in [0.1, 0.15) is 10.8 Å². The third-order valence-electron chi connectivity index (χ3n) is 4.23. The van der Waals surface area contributed by atoms with Crippen LogP contribution in [0, 0.1) is 6.92 Å². The second-order valence-electron chi connectivity index (χ2n) is 5.92. The van der Waals surface area contributed by atoms with Gasteiger partial charge < -0.3 is 5.11 Å². The number of anilines is 1. The van der Waals surface area contributed by atoms with E-state index in [1.165, 1.54) is 28.6 Å². The number of rotatable bonds is 3. The van der Waals surface area contributed by atoms with Crippen LogP contribution in [0.1, 0.15) is 22.2 Å². The van der Waals surface area contributed by atoms with E-state index < -0.39 is 17.7 Å². The molecule has 27 heavy (non-hydrogen) atoms. The van der Waals surface area contributed by atoms with Gasteiger partial charge >= 0.3 is 5.91 Å². The highest BCUT2D eigenvalue weighted by molar-refractivity contribution is 7.15. The van der Waals surface area contributed by atoms with E-state index in [0.29, 0.717) is 21.3 Å². The smallest absolute Gasteiger partial charge is 0.301 e. The first-order chi connectivity index (χ1) is 13.1. The Balaban J connectivity index is 1.94. The number of carbonyl (C=O) groups is 2. The number of hydrogen-bond donors (Lipinski definition) is 1. The number of amides is 1. The highest BCUT2D eigenvalue weighted by Gasteiger charge is 2.48. The number of pyridine rings is 1. The predicted octanol–water partition coefficient (Wildman–Crippen LogP) is 2.87. The van der Waals surface area contributed by atoms with E-state index in [2.05, 4.69) is 15.2 Å². The minimum absolute atomic E-state index is 0.0188. The number of aromatic nitrogens is 3. The van der Waals surface area contributed by atoms with Crippen molar-refractivity contribution in [1.82, 2.24) is 15.2 Å². The number of aliphatic hydroxyl groups excluding tert-OH is 1. The van der Waals surface area contributed by atoms with Crippen LogP contribution in [0.5, 0.6) is 0 Å². The van der Waals surface area contributed by atoms with Gasteiger partial charge in [0.15, 0.2) is 0 Å². The van der Waals surface area contributed by atoms with Crippen molar-refractivity contribution in [2.24, 2.45) is 0 Å². The summed E-state index contributed by atoms with van der Waals surface area (Å²) in [5.74, 6) is -1.74.